The molecule has 2 nitrogen and oxygen atoms in total. The van der Waals surface area contributed by atoms with Crippen molar-refractivity contribution in [3.8, 4) is 0 Å². The predicted molar refractivity (Wildman–Crippen MR) is 95.3 cm³/mol. The smallest absolute Gasteiger partial charge is 0.220 e. The van der Waals surface area contributed by atoms with Gasteiger partial charge in [-0.15, -0.1) is 0 Å². The van der Waals surface area contributed by atoms with Crippen molar-refractivity contribution in [2.75, 3.05) is 12.3 Å². The normalized spacial score (nSPS) is 10.5. The van der Waals surface area contributed by atoms with Gasteiger partial charge in [0.15, 0.2) is 0 Å². The van der Waals surface area contributed by atoms with Crippen LogP contribution in [0.5, 0.6) is 0 Å². The Hall–Kier alpha value is -1.52. The number of aryl methyl sites for hydroxylation is 1. The van der Waals surface area contributed by atoms with Gasteiger partial charge in [0.2, 0.25) is 5.91 Å². The summed E-state index contributed by atoms with van der Waals surface area (Å²) in [6.07, 6.45) is 0.730. The highest BCUT2D eigenvalue weighted by molar-refractivity contribution is 7.98. The van der Waals surface area contributed by atoms with Crippen LogP contribution in [0.15, 0.2) is 48.5 Å². The Morgan fingerprint density at radius 2 is 2.00 bits per heavy atom. The zero-order valence-corrected chi connectivity index (χ0v) is 14.3. The molecular formula is C18H19ClFNOS. The van der Waals surface area contributed by atoms with Crippen LogP contribution in [-0.2, 0) is 17.0 Å². The van der Waals surface area contributed by atoms with Crippen LogP contribution in [0.1, 0.15) is 17.5 Å². The molecule has 0 aromatic heterocycles. The van der Waals surface area contributed by atoms with Crippen LogP contribution in [0.4, 0.5) is 4.39 Å². The fraction of sp³-hybridized carbons (Fsp3) is 0.278. The lowest BCUT2D eigenvalue weighted by molar-refractivity contribution is -0.120. The fourth-order valence-electron chi connectivity index (χ4n) is 2.12. The van der Waals surface area contributed by atoms with Crippen LogP contribution in [-0.4, -0.2) is 18.2 Å². The number of hydrogen-bond donors (Lipinski definition) is 1. The summed E-state index contributed by atoms with van der Waals surface area (Å²) in [5.74, 6) is 1.40. The summed E-state index contributed by atoms with van der Waals surface area (Å²) in [5.41, 5.74) is 1.76. The standard InChI is InChI=1S/C18H19ClFNOS/c19-16-6-3-4-14(12-16)13-23-11-10-21-18(22)9-8-15-5-1-2-7-17(15)20/h1-7,12H,8-11,13H2,(H,21,22). The predicted octanol–water partition coefficient (Wildman–Crippen LogP) is 4.46. The maximum atomic E-state index is 13.4. The minimum absolute atomic E-state index is 0.0448. The molecule has 0 heterocycles. The fourth-order valence-corrected chi connectivity index (χ4v) is 3.14. The first-order chi connectivity index (χ1) is 11.1. The maximum Gasteiger partial charge on any atom is 0.220 e. The maximum absolute atomic E-state index is 13.4. The molecule has 2 aromatic carbocycles. The molecule has 122 valence electrons. The molecule has 0 aliphatic carbocycles. The van der Waals surface area contributed by atoms with Gasteiger partial charge in [-0.2, -0.15) is 11.8 Å². The van der Waals surface area contributed by atoms with Crippen molar-refractivity contribution in [1.82, 2.24) is 5.32 Å². The summed E-state index contributed by atoms with van der Waals surface area (Å²) < 4.78 is 13.4. The molecule has 0 fully saturated rings. The van der Waals surface area contributed by atoms with Gasteiger partial charge in [-0.25, -0.2) is 4.39 Å². The van der Waals surface area contributed by atoms with Crippen LogP contribution in [0.2, 0.25) is 5.02 Å². The number of nitrogens with one attached hydrogen (secondary N) is 1. The van der Waals surface area contributed by atoms with Gasteiger partial charge in [-0.1, -0.05) is 41.9 Å². The van der Waals surface area contributed by atoms with E-state index in [2.05, 4.69) is 5.32 Å². The first-order valence-corrected chi connectivity index (χ1v) is 9.01. The van der Waals surface area contributed by atoms with Crippen LogP contribution in [0.25, 0.3) is 0 Å². The van der Waals surface area contributed by atoms with Crippen molar-refractivity contribution in [3.63, 3.8) is 0 Å². The number of thioether (sulfide) groups is 1. The van der Waals surface area contributed by atoms with E-state index in [0.29, 0.717) is 24.9 Å². The van der Waals surface area contributed by atoms with E-state index in [1.54, 1.807) is 30.0 Å². The summed E-state index contributed by atoms with van der Waals surface area (Å²) in [6.45, 7) is 0.612. The molecule has 0 aliphatic rings. The van der Waals surface area contributed by atoms with Crippen molar-refractivity contribution < 1.29 is 9.18 Å². The average molecular weight is 352 g/mol. The molecular weight excluding hydrogens is 333 g/mol. The molecule has 0 radical (unpaired) electrons. The number of hydrogen-bond acceptors (Lipinski definition) is 2. The first kappa shape index (κ1) is 17.8. The van der Waals surface area contributed by atoms with Crippen LogP contribution >= 0.6 is 23.4 Å². The molecule has 1 N–H and O–H groups in total. The number of rotatable bonds is 8. The van der Waals surface area contributed by atoms with E-state index in [0.717, 1.165) is 16.5 Å². The van der Waals surface area contributed by atoms with Gasteiger partial charge < -0.3 is 5.32 Å². The first-order valence-electron chi connectivity index (χ1n) is 7.47. The van der Waals surface area contributed by atoms with Crippen molar-refractivity contribution in [3.05, 3.63) is 70.5 Å². The van der Waals surface area contributed by atoms with Gasteiger partial charge >= 0.3 is 0 Å². The molecule has 0 saturated heterocycles. The number of carbonyl (C=O) groups is 1. The summed E-state index contributed by atoms with van der Waals surface area (Å²) >= 11 is 7.67. The van der Waals surface area contributed by atoms with E-state index in [4.69, 9.17) is 11.6 Å². The SMILES string of the molecule is O=C(CCc1ccccc1F)NCCSCc1cccc(Cl)c1. The van der Waals surface area contributed by atoms with Gasteiger partial charge in [0.1, 0.15) is 5.82 Å². The minimum atomic E-state index is -0.252. The second-order valence-electron chi connectivity index (χ2n) is 5.12. The Morgan fingerprint density at radius 3 is 2.78 bits per heavy atom. The topological polar surface area (TPSA) is 29.1 Å². The highest BCUT2D eigenvalue weighted by Crippen LogP contribution is 2.16. The van der Waals surface area contributed by atoms with Crippen molar-refractivity contribution in [1.29, 1.82) is 0 Å². The highest BCUT2D eigenvalue weighted by Gasteiger charge is 2.05. The lowest BCUT2D eigenvalue weighted by atomic mass is 10.1. The Morgan fingerprint density at radius 1 is 1.17 bits per heavy atom. The van der Waals surface area contributed by atoms with Crippen molar-refractivity contribution in [2.24, 2.45) is 0 Å². The minimum Gasteiger partial charge on any atom is -0.355 e. The zero-order valence-electron chi connectivity index (χ0n) is 12.7. The summed E-state index contributed by atoms with van der Waals surface area (Å²) in [4.78, 5) is 11.7. The lowest BCUT2D eigenvalue weighted by Gasteiger charge is -2.06. The quantitative estimate of drug-likeness (QED) is 0.711. The number of halogens is 2. The third-order valence-corrected chi connectivity index (χ3v) is 4.57. The lowest BCUT2D eigenvalue weighted by Crippen LogP contribution is -2.26. The van der Waals surface area contributed by atoms with E-state index >= 15 is 0 Å². The molecule has 2 rings (SSSR count). The molecule has 0 saturated carbocycles. The number of benzene rings is 2. The Balaban J connectivity index is 1.59. The molecule has 0 unspecified atom stereocenters. The van der Waals surface area contributed by atoms with Crippen molar-refractivity contribution >= 4 is 29.3 Å². The van der Waals surface area contributed by atoms with Crippen LogP contribution in [0.3, 0.4) is 0 Å². The van der Waals surface area contributed by atoms with Crippen LogP contribution < -0.4 is 5.32 Å². The Bertz CT molecular complexity index is 650. The van der Waals surface area contributed by atoms with Crippen LogP contribution in [0, 0.1) is 5.82 Å². The summed E-state index contributed by atoms with van der Waals surface area (Å²) in [5, 5.41) is 3.60. The summed E-state index contributed by atoms with van der Waals surface area (Å²) in [6, 6.07) is 14.3. The second-order valence-corrected chi connectivity index (χ2v) is 6.67. The molecule has 5 heteroatoms. The van der Waals surface area contributed by atoms with Gasteiger partial charge in [0.25, 0.3) is 0 Å². The van der Waals surface area contributed by atoms with E-state index in [1.165, 1.54) is 11.6 Å². The second kappa shape index (κ2) is 9.58. The van der Waals surface area contributed by atoms with Gasteiger partial charge in [0.05, 0.1) is 0 Å². The largest absolute Gasteiger partial charge is 0.355 e. The van der Waals surface area contributed by atoms with Gasteiger partial charge in [-0.05, 0) is 35.7 Å². The Kier molecular flexibility index (Phi) is 7.43. The monoisotopic (exact) mass is 351 g/mol. The molecule has 2 aromatic rings. The van der Waals surface area contributed by atoms with E-state index in [9.17, 15) is 9.18 Å². The average Bonchev–Trinajstić information content (AvgIpc) is 2.54. The third-order valence-electron chi connectivity index (χ3n) is 3.31. The Labute approximate surface area is 145 Å². The van der Waals surface area contributed by atoms with E-state index < -0.39 is 0 Å². The molecule has 1 amide bonds. The molecule has 23 heavy (non-hydrogen) atoms. The molecule has 0 spiro atoms. The van der Waals surface area contributed by atoms with E-state index in [1.807, 2.05) is 24.3 Å². The highest BCUT2D eigenvalue weighted by atomic mass is 35.5. The number of amides is 1. The zero-order chi connectivity index (χ0) is 16.5. The third kappa shape index (κ3) is 6.63. The molecule has 0 atom stereocenters. The summed E-state index contributed by atoms with van der Waals surface area (Å²) in [7, 11) is 0. The molecule has 0 bridgehead atoms. The molecule has 0 aliphatic heterocycles. The number of carbonyl (C=O) groups excluding carboxylic acids is 1. The van der Waals surface area contributed by atoms with Gasteiger partial charge in [-0.3, -0.25) is 4.79 Å². The van der Waals surface area contributed by atoms with Gasteiger partial charge in [0, 0.05) is 29.5 Å². The van der Waals surface area contributed by atoms with E-state index in [-0.39, 0.29) is 11.7 Å². The van der Waals surface area contributed by atoms with Crippen molar-refractivity contribution in [2.45, 2.75) is 18.6 Å².